The number of para-hydroxylation sites is 1. The first kappa shape index (κ1) is 21.5. The third kappa shape index (κ3) is 4.92. The van der Waals surface area contributed by atoms with Crippen molar-refractivity contribution in [2.24, 2.45) is 0 Å². The highest BCUT2D eigenvalue weighted by atomic mass is 32.1. The van der Waals surface area contributed by atoms with Crippen LogP contribution in [-0.4, -0.2) is 38.0 Å². The van der Waals surface area contributed by atoms with E-state index in [9.17, 15) is 9.59 Å². The van der Waals surface area contributed by atoms with Crippen molar-refractivity contribution in [1.29, 1.82) is 0 Å². The number of benzene rings is 2. The molecule has 162 valence electrons. The van der Waals surface area contributed by atoms with Crippen LogP contribution in [0.3, 0.4) is 0 Å². The summed E-state index contributed by atoms with van der Waals surface area (Å²) in [7, 11) is 0. The van der Waals surface area contributed by atoms with Gasteiger partial charge in [0.15, 0.2) is 0 Å². The van der Waals surface area contributed by atoms with Gasteiger partial charge in [0.25, 0.3) is 5.91 Å². The fraction of sp³-hybridized carbons (Fsp3) is 0.167. The van der Waals surface area contributed by atoms with Gasteiger partial charge in [-0.25, -0.2) is 9.67 Å². The fourth-order valence-corrected chi connectivity index (χ4v) is 4.05. The Hall–Kier alpha value is -3.78. The number of carbonyl (C=O) groups is 2. The average molecular weight is 446 g/mol. The Balaban J connectivity index is 1.45. The van der Waals surface area contributed by atoms with Gasteiger partial charge in [0.1, 0.15) is 10.7 Å². The molecule has 4 rings (SSSR count). The zero-order valence-electron chi connectivity index (χ0n) is 17.9. The lowest BCUT2D eigenvalue weighted by molar-refractivity contribution is -0.129. The van der Waals surface area contributed by atoms with E-state index in [2.05, 4.69) is 15.4 Å². The van der Waals surface area contributed by atoms with Gasteiger partial charge in [-0.15, -0.1) is 11.3 Å². The summed E-state index contributed by atoms with van der Waals surface area (Å²) in [6.45, 7) is 4.63. The van der Waals surface area contributed by atoms with Crippen LogP contribution in [0.5, 0.6) is 0 Å². The van der Waals surface area contributed by atoms with Gasteiger partial charge in [-0.3, -0.25) is 9.59 Å². The number of hydrogen-bond donors (Lipinski definition) is 1. The second kappa shape index (κ2) is 9.57. The Morgan fingerprint density at radius 3 is 2.69 bits per heavy atom. The highest BCUT2D eigenvalue weighted by Crippen LogP contribution is 2.25. The molecular weight excluding hydrogens is 422 g/mol. The lowest BCUT2D eigenvalue weighted by Gasteiger charge is -2.19. The molecule has 1 N–H and O–H groups in total. The van der Waals surface area contributed by atoms with Crippen LogP contribution in [0, 0.1) is 0 Å². The summed E-state index contributed by atoms with van der Waals surface area (Å²) in [5, 5.41) is 9.75. The van der Waals surface area contributed by atoms with E-state index >= 15 is 0 Å². The minimum Gasteiger partial charge on any atom is -0.339 e. The number of carbonyl (C=O) groups excluding carboxylic acids is 2. The van der Waals surface area contributed by atoms with Gasteiger partial charge in [-0.05, 0) is 36.8 Å². The minimum absolute atomic E-state index is 0.0209. The number of nitrogens with one attached hydrogen (secondary N) is 1. The van der Waals surface area contributed by atoms with Crippen molar-refractivity contribution in [3.05, 3.63) is 83.6 Å². The highest BCUT2D eigenvalue weighted by molar-refractivity contribution is 7.13. The molecule has 0 unspecified atom stereocenters. The summed E-state index contributed by atoms with van der Waals surface area (Å²) in [4.78, 5) is 30.6. The summed E-state index contributed by atoms with van der Waals surface area (Å²) in [6, 6.07) is 17.3. The summed E-state index contributed by atoms with van der Waals surface area (Å²) >= 11 is 1.40. The van der Waals surface area contributed by atoms with Crippen LogP contribution in [0.2, 0.25) is 0 Å². The molecule has 2 heterocycles. The smallest absolute Gasteiger partial charge is 0.275 e. The normalized spacial score (nSPS) is 10.7. The summed E-state index contributed by atoms with van der Waals surface area (Å²) in [6.07, 6.45) is 3.64. The van der Waals surface area contributed by atoms with Crippen molar-refractivity contribution in [2.75, 3.05) is 11.9 Å². The monoisotopic (exact) mass is 445 g/mol. The van der Waals surface area contributed by atoms with Crippen LogP contribution < -0.4 is 5.32 Å². The molecule has 0 radical (unpaired) electrons. The number of rotatable bonds is 7. The number of hydrogen-bond acceptors (Lipinski definition) is 5. The van der Waals surface area contributed by atoms with Crippen LogP contribution in [0.15, 0.2) is 72.4 Å². The van der Waals surface area contributed by atoms with E-state index in [0.29, 0.717) is 24.5 Å². The second-order valence-corrected chi connectivity index (χ2v) is 8.09. The molecule has 8 heteroatoms. The Labute approximate surface area is 190 Å². The molecule has 2 aromatic carbocycles. The van der Waals surface area contributed by atoms with Gasteiger partial charge in [0.05, 0.1) is 11.9 Å². The predicted molar refractivity (Wildman–Crippen MR) is 126 cm³/mol. The highest BCUT2D eigenvalue weighted by Gasteiger charge is 2.14. The van der Waals surface area contributed by atoms with Crippen LogP contribution in [0.4, 0.5) is 5.69 Å². The van der Waals surface area contributed by atoms with Crippen molar-refractivity contribution in [2.45, 2.75) is 20.4 Å². The molecule has 32 heavy (non-hydrogen) atoms. The summed E-state index contributed by atoms with van der Waals surface area (Å²) < 4.78 is 1.78. The molecule has 7 nitrogen and oxygen atoms in total. The number of thiazole rings is 1. The van der Waals surface area contributed by atoms with Crippen LogP contribution in [0.25, 0.3) is 16.3 Å². The van der Waals surface area contributed by atoms with Gasteiger partial charge in [0, 0.05) is 42.8 Å². The summed E-state index contributed by atoms with van der Waals surface area (Å²) in [5.74, 6) is -0.258. The Kier molecular flexibility index (Phi) is 6.42. The second-order valence-electron chi connectivity index (χ2n) is 7.23. The SMILES string of the molecule is CCN(Cc1cccc(NC(=O)c2csc(-c3cnn(-c4ccccc4)c3)n2)c1)C(C)=O. The summed E-state index contributed by atoms with van der Waals surface area (Å²) in [5.41, 5.74) is 3.77. The Morgan fingerprint density at radius 2 is 1.94 bits per heavy atom. The number of aromatic nitrogens is 3. The maximum absolute atomic E-state index is 12.7. The van der Waals surface area contributed by atoms with Crippen molar-refractivity contribution in [1.82, 2.24) is 19.7 Å². The van der Waals surface area contributed by atoms with Crippen molar-refractivity contribution >= 4 is 28.8 Å². The van der Waals surface area contributed by atoms with E-state index in [1.54, 1.807) is 28.1 Å². The predicted octanol–water partition coefficient (Wildman–Crippen LogP) is 4.62. The molecule has 0 aliphatic carbocycles. The van der Waals surface area contributed by atoms with Gasteiger partial charge < -0.3 is 10.2 Å². The molecule has 0 aliphatic rings. The van der Waals surface area contributed by atoms with Gasteiger partial charge in [-0.2, -0.15) is 5.10 Å². The largest absolute Gasteiger partial charge is 0.339 e. The van der Waals surface area contributed by atoms with E-state index in [-0.39, 0.29) is 11.8 Å². The molecule has 0 saturated heterocycles. The molecule has 0 fully saturated rings. The van der Waals surface area contributed by atoms with Crippen LogP contribution >= 0.6 is 11.3 Å². The molecular formula is C24H23N5O2S. The van der Waals surface area contributed by atoms with Crippen molar-refractivity contribution in [3.8, 4) is 16.3 Å². The topological polar surface area (TPSA) is 80.1 Å². The van der Waals surface area contributed by atoms with E-state index in [1.807, 2.05) is 67.7 Å². The molecule has 4 aromatic rings. The van der Waals surface area contributed by atoms with E-state index < -0.39 is 0 Å². The molecule has 0 bridgehead atoms. The van der Waals surface area contributed by atoms with Crippen LogP contribution in [0.1, 0.15) is 29.9 Å². The number of amides is 2. The molecule has 0 spiro atoms. The zero-order chi connectivity index (χ0) is 22.5. The average Bonchev–Trinajstić information content (AvgIpc) is 3.48. The Bertz CT molecular complexity index is 1230. The van der Waals surface area contributed by atoms with Crippen molar-refractivity contribution in [3.63, 3.8) is 0 Å². The number of anilines is 1. The zero-order valence-corrected chi connectivity index (χ0v) is 18.7. The standard InChI is InChI=1S/C24H23N5O2S/c1-3-28(17(2)30)14-18-8-7-9-20(12-18)26-23(31)22-16-32-24(27-22)19-13-25-29(15-19)21-10-5-4-6-11-21/h4-13,15-16H,3,14H2,1-2H3,(H,26,31). The van der Waals surface area contributed by atoms with Gasteiger partial charge in [0.2, 0.25) is 5.91 Å². The molecule has 2 aromatic heterocycles. The lowest BCUT2D eigenvalue weighted by atomic mass is 10.2. The van der Waals surface area contributed by atoms with Crippen molar-refractivity contribution < 1.29 is 9.59 Å². The maximum Gasteiger partial charge on any atom is 0.275 e. The van der Waals surface area contributed by atoms with Gasteiger partial charge >= 0.3 is 0 Å². The minimum atomic E-state index is -0.279. The van der Waals surface area contributed by atoms with E-state index in [0.717, 1.165) is 21.8 Å². The third-order valence-corrected chi connectivity index (χ3v) is 5.86. The molecule has 0 saturated carbocycles. The Morgan fingerprint density at radius 1 is 1.12 bits per heavy atom. The quantitative estimate of drug-likeness (QED) is 0.450. The van der Waals surface area contributed by atoms with E-state index in [4.69, 9.17) is 0 Å². The number of nitrogens with zero attached hydrogens (tertiary/aromatic N) is 4. The molecule has 2 amide bonds. The first-order valence-electron chi connectivity index (χ1n) is 10.3. The fourth-order valence-electron chi connectivity index (χ4n) is 3.27. The van der Waals surface area contributed by atoms with E-state index in [1.165, 1.54) is 11.3 Å². The van der Waals surface area contributed by atoms with Crippen LogP contribution in [-0.2, 0) is 11.3 Å². The molecule has 0 atom stereocenters. The lowest BCUT2D eigenvalue weighted by Crippen LogP contribution is -2.27. The first-order valence-corrected chi connectivity index (χ1v) is 11.1. The van der Waals surface area contributed by atoms with Gasteiger partial charge in [-0.1, -0.05) is 30.3 Å². The molecule has 0 aliphatic heterocycles. The third-order valence-electron chi connectivity index (χ3n) is 4.97. The first-order chi connectivity index (χ1) is 15.5. The maximum atomic E-state index is 12.7.